The van der Waals surface area contributed by atoms with Crippen molar-refractivity contribution in [3.05, 3.63) is 34.1 Å². The monoisotopic (exact) mass is 328 g/mol. The van der Waals surface area contributed by atoms with Crippen LogP contribution in [0.1, 0.15) is 5.56 Å². The van der Waals surface area contributed by atoms with Crippen LogP contribution in [0.4, 0.5) is 17.6 Å². The topological polar surface area (TPSA) is 26.3 Å². The van der Waals surface area contributed by atoms with E-state index >= 15 is 0 Å². The minimum atomic E-state index is -4.46. The number of carbonyl (C=O) groups is 1. The van der Waals surface area contributed by atoms with Crippen molar-refractivity contribution in [2.24, 2.45) is 0 Å². The summed E-state index contributed by atoms with van der Waals surface area (Å²) in [6, 6.07) is 4.13. The maximum atomic E-state index is 13.1. The maximum absolute atomic E-state index is 13.1. The van der Waals surface area contributed by atoms with Gasteiger partial charge in [-0.3, -0.25) is 4.79 Å². The molecule has 1 aromatic rings. The van der Waals surface area contributed by atoms with Crippen LogP contribution in [-0.4, -0.2) is 25.2 Å². The van der Waals surface area contributed by atoms with Gasteiger partial charge in [0.05, 0.1) is 4.47 Å². The summed E-state index contributed by atoms with van der Waals surface area (Å²) in [4.78, 5) is 11.3. The number of hydrogen-bond donors (Lipinski definition) is 0. The highest BCUT2D eigenvalue weighted by Crippen LogP contribution is 2.21. The van der Waals surface area contributed by atoms with Gasteiger partial charge in [0, 0.05) is 6.42 Å². The van der Waals surface area contributed by atoms with Crippen molar-refractivity contribution in [2.45, 2.75) is 12.6 Å². The molecule has 0 amide bonds. The van der Waals surface area contributed by atoms with E-state index in [1.54, 1.807) is 0 Å². The molecule has 1 rings (SSSR count). The zero-order chi connectivity index (χ0) is 13.8. The summed E-state index contributed by atoms with van der Waals surface area (Å²) in [5.41, 5.74) is 0.371. The second-order valence-electron chi connectivity index (χ2n) is 3.54. The number of ketones is 1. The van der Waals surface area contributed by atoms with Gasteiger partial charge in [-0.05, 0) is 27.6 Å². The molecular weight excluding hydrogens is 320 g/mol. The Kier molecular flexibility index (Phi) is 5.28. The van der Waals surface area contributed by atoms with Gasteiger partial charge in [0.2, 0.25) is 0 Å². The Balaban J connectivity index is 2.48. The van der Waals surface area contributed by atoms with Crippen LogP contribution in [0.3, 0.4) is 0 Å². The minimum Gasteiger partial charge on any atom is -0.364 e. The molecule has 0 bridgehead atoms. The first-order chi connectivity index (χ1) is 8.29. The number of benzene rings is 1. The molecule has 0 spiro atoms. The van der Waals surface area contributed by atoms with Gasteiger partial charge in [-0.2, -0.15) is 13.2 Å². The van der Waals surface area contributed by atoms with Crippen molar-refractivity contribution in [1.29, 1.82) is 0 Å². The fourth-order valence-corrected chi connectivity index (χ4v) is 1.63. The van der Waals surface area contributed by atoms with Crippen molar-refractivity contribution in [1.82, 2.24) is 0 Å². The Hall–Kier alpha value is -0.950. The quantitative estimate of drug-likeness (QED) is 0.775. The Morgan fingerprint density at radius 2 is 2.00 bits per heavy atom. The molecule has 0 atom stereocenters. The third-order valence-corrected chi connectivity index (χ3v) is 2.84. The molecule has 100 valence electrons. The molecule has 0 aliphatic rings. The van der Waals surface area contributed by atoms with Gasteiger partial charge in [0.25, 0.3) is 0 Å². The average Bonchev–Trinajstić information content (AvgIpc) is 2.23. The maximum Gasteiger partial charge on any atom is 0.411 e. The number of carbonyl (C=O) groups excluding carboxylic acids is 1. The predicted octanol–water partition coefficient (Wildman–Crippen LogP) is 3.28. The van der Waals surface area contributed by atoms with Gasteiger partial charge in [0.15, 0.2) is 5.78 Å². The van der Waals surface area contributed by atoms with Gasteiger partial charge in [0.1, 0.15) is 19.0 Å². The zero-order valence-corrected chi connectivity index (χ0v) is 10.6. The van der Waals surface area contributed by atoms with E-state index in [1.165, 1.54) is 18.2 Å². The molecule has 7 heteroatoms. The molecule has 0 fully saturated rings. The summed E-state index contributed by atoms with van der Waals surface area (Å²) in [7, 11) is 0. The van der Waals surface area contributed by atoms with E-state index < -0.39 is 31.0 Å². The summed E-state index contributed by atoms with van der Waals surface area (Å²) < 4.78 is 52.7. The van der Waals surface area contributed by atoms with Crippen LogP contribution in [0.25, 0.3) is 0 Å². The molecule has 0 aliphatic heterocycles. The Morgan fingerprint density at radius 3 is 2.61 bits per heavy atom. The number of rotatable bonds is 5. The molecule has 0 unspecified atom stereocenters. The molecule has 0 heterocycles. The smallest absolute Gasteiger partial charge is 0.364 e. The molecule has 0 aromatic heterocycles. The van der Waals surface area contributed by atoms with E-state index in [1.807, 2.05) is 0 Å². The summed E-state index contributed by atoms with van der Waals surface area (Å²) in [6.07, 6.45) is -4.64. The number of hydrogen-bond acceptors (Lipinski definition) is 2. The third kappa shape index (κ3) is 5.14. The largest absolute Gasteiger partial charge is 0.411 e. The number of Topliss-reactive ketones (excluding diaryl/α,β-unsaturated/α-hetero) is 1. The van der Waals surface area contributed by atoms with E-state index in [4.69, 9.17) is 0 Å². The highest BCUT2D eigenvalue weighted by Gasteiger charge is 2.27. The fourth-order valence-electron chi connectivity index (χ4n) is 1.23. The summed E-state index contributed by atoms with van der Waals surface area (Å²) in [5.74, 6) is -1.08. The van der Waals surface area contributed by atoms with Gasteiger partial charge < -0.3 is 4.74 Å². The van der Waals surface area contributed by atoms with Gasteiger partial charge in [-0.15, -0.1) is 0 Å². The standard InChI is InChI=1S/C11H9BrF4O2/c12-10-7(2-1-3-9(10)13)4-8(17)5-18-6-11(14,15)16/h1-3H,4-6H2. The van der Waals surface area contributed by atoms with Crippen LogP contribution in [0, 0.1) is 5.82 Å². The van der Waals surface area contributed by atoms with Crippen molar-refractivity contribution in [3.8, 4) is 0 Å². The van der Waals surface area contributed by atoms with Crippen LogP contribution >= 0.6 is 15.9 Å². The zero-order valence-electron chi connectivity index (χ0n) is 9.06. The van der Waals surface area contributed by atoms with Crippen molar-refractivity contribution < 1.29 is 27.1 Å². The second kappa shape index (κ2) is 6.29. The highest BCUT2D eigenvalue weighted by atomic mass is 79.9. The Morgan fingerprint density at radius 1 is 1.33 bits per heavy atom. The first-order valence-corrected chi connectivity index (χ1v) is 5.68. The molecule has 0 N–H and O–H groups in total. The number of ether oxygens (including phenoxy) is 1. The first-order valence-electron chi connectivity index (χ1n) is 4.88. The highest BCUT2D eigenvalue weighted by molar-refractivity contribution is 9.10. The van der Waals surface area contributed by atoms with E-state index in [9.17, 15) is 22.4 Å². The summed E-state index contributed by atoms with van der Waals surface area (Å²) >= 11 is 2.96. The lowest BCUT2D eigenvalue weighted by atomic mass is 10.1. The Bertz CT molecular complexity index is 432. The lowest BCUT2D eigenvalue weighted by Gasteiger charge is -2.08. The summed E-state index contributed by atoms with van der Waals surface area (Å²) in [6.45, 7) is -2.12. The molecule has 18 heavy (non-hydrogen) atoms. The molecule has 1 aromatic carbocycles. The Labute approximate surface area is 109 Å². The van der Waals surface area contributed by atoms with E-state index in [-0.39, 0.29) is 10.9 Å². The molecule has 2 nitrogen and oxygen atoms in total. The fraction of sp³-hybridized carbons (Fsp3) is 0.364. The first kappa shape index (κ1) is 15.1. The van der Waals surface area contributed by atoms with E-state index in [2.05, 4.69) is 20.7 Å². The average molecular weight is 329 g/mol. The third-order valence-electron chi connectivity index (χ3n) is 1.95. The molecule has 0 saturated heterocycles. The molecular formula is C11H9BrF4O2. The SMILES string of the molecule is O=C(COCC(F)(F)F)Cc1cccc(F)c1Br. The summed E-state index contributed by atoms with van der Waals surface area (Å²) in [5, 5.41) is 0. The number of alkyl halides is 3. The van der Waals surface area contributed by atoms with Crippen molar-refractivity contribution >= 4 is 21.7 Å². The van der Waals surface area contributed by atoms with E-state index in [0.717, 1.165) is 0 Å². The van der Waals surface area contributed by atoms with E-state index in [0.29, 0.717) is 5.56 Å². The lowest BCUT2D eigenvalue weighted by molar-refractivity contribution is -0.175. The van der Waals surface area contributed by atoms with Crippen LogP contribution in [0.2, 0.25) is 0 Å². The predicted molar refractivity (Wildman–Crippen MR) is 59.7 cm³/mol. The molecule has 0 saturated carbocycles. The van der Waals surface area contributed by atoms with Crippen LogP contribution in [0.5, 0.6) is 0 Å². The van der Waals surface area contributed by atoms with Gasteiger partial charge in [-0.1, -0.05) is 12.1 Å². The number of halogens is 5. The van der Waals surface area contributed by atoms with Crippen molar-refractivity contribution in [3.63, 3.8) is 0 Å². The molecule has 0 aliphatic carbocycles. The van der Waals surface area contributed by atoms with Crippen molar-refractivity contribution in [2.75, 3.05) is 13.2 Å². The lowest BCUT2D eigenvalue weighted by Crippen LogP contribution is -2.21. The van der Waals surface area contributed by atoms with Crippen LogP contribution in [-0.2, 0) is 16.0 Å². The second-order valence-corrected chi connectivity index (χ2v) is 4.33. The normalized spacial score (nSPS) is 11.6. The van der Waals surface area contributed by atoms with Crippen LogP contribution < -0.4 is 0 Å². The minimum absolute atomic E-state index is 0.133. The van der Waals surface area contributed by atoms with Gasteiger partial charge in [-0.25, -0.2) is 4.39 Å². The van der Waals surface area contributed by atoms with Gasteiger partial charge >= 0.3 is 6.18 Å². The molecule has 0 radical (unpaired) electrons. The van der Waals surface area contributed by atoms with Crippen LogP contribution in [0.15, 0.2) is 22.7 Å².